The van der Waals surface area contributed by atoms with Crippen LogP contribution in [0.2, 0.25) is 0 Å². The van der Waals surface area contributed by atoms with E-state index >= 15 is 0 Å². The summed E-state index contributed by atoms with van der Waals surface area (Å²) < 4.78 is 55.4. The van der Waals surface area contributed by atoms with Crippen LogP contribution in [0.4, 0.5) is 0 Å². The number of nitrogens with zero attached hydrogens (tertiary/aromatic N) is 1. The smallest absolute Gasteiger partial charge is 0.308 e. The van der Waals surface area contributed by atoms with Gasteiger partial charge in [0.25, 0.3) is 0 Å². The fraction of sp³-hybridized carbons (Fsp3) is 0.854. The number of esters is 1. The van der Waals surface area contributed by atoms with Crippen molar-refractivity contribution in [3.63, 3.8) is 0 Å². The summed E-state index contributed by atoms with van der Waals surface area (Å²) in [7, 11) is 6.56. The molecule has 3 saturated heterocycles. The molecule has 0 aromatic carbocycles. The average Bonchev–Trinajstić information content (AvgIpc) is 3.24. The van der Waals surface area contributed by atoms with Crippen molar-refractivity contribution in [2.75, 3.05) is 34.9 Å². The SMILES string of the molecule is CCC1OC(=O)CC(O)C(C)C(OC2OC(C)C(OC3CC(C)(O)C(C)C(C)O3)C(N(C)C)C2O)C(CCC=O)CC(C)C(=O)/C=C/C(C)=C/C1COC1OC(C)C(O)C(OC)C1OC. The Bertz CT molecular complexity index is 1570. The van der Waals surface area contributed by atoms with Gasteiger partial charge in [-0.15, -0.1) is 0 Å². The molecule has 0 bridgehead atoms. The van der Waals surface area contributed by atoms with Crippen molar-refractivity contribution in [1.29, 1.82) is 0 Å². The van der Waals surface area contributed by atoms with E-state index in [1.165, 1.54) is 20.3 Å². The molecule has 0 aromatic rings. The van der Waals surface area contributed by atoms with Gasteiger partial charge in [-0.25, -0.2) is 0 Å². The van der Waals surface area contributed by atoms with Crippen molar-refractivity contribution in [3.05, 3.63) is 23.8 Å². The number of hydrogen-bond acceptors (Lipinski definition) is 17. The van der Waals surface area contributed by atoms with E-state index in [0.29, 0.717) is 18.4 Å². The van der Waals surface area contributed by atoms with Crippen LogP contribution in [0.15, 0.2) is 23.8 Å². The molecule has 4 rings (SSSR count). The Labute approximate surface area is 386 Å². The van der Waals surface area contributed by atoms with Gasteiger partial charge in [0.15, 0.2) is 24.7 Å². The molecule has 17 nitrogen and oxygen atoms in total. The number of aliphatic hydroxyl groups excluding tert-OH is 3. The Morgan fingerprint density at radius 1 is 0.862 bits per heavy atom. The molecule has 4 aliphatic rings. The zero-order valence-electron chi connectivity index (χ0n) is 40.9. The number of ketones is 1. The number of aliphatic hydroxyl groups is 4. The number of hydrogen-bond donors (Lipinski definition) is 4. The van der Waals surface area contributed by atoms with Crippen LogP contribution in [0.1, 0.15) is 101 Å². The third-order valence-corrected chi connectivity index (χ3v) is 14.3. The largest absolute Gasteiger partial charge is 0.462 e. The highest BCUT2D eigenvalue weighted by Gasteiger charge is 2.51. The molecule has 0 aliphatic carbocycles. The number of aldehydes is 1. The van der Waals surface area contributed by atoms with Gasteiger partial charge in [0, 0.05) is 50.7 Å². The summed E-state index contributed by atoms with van der Waals surface area (Å²) in [5.74, 6) is -3.33. The zero-order chi connectivity index (χ0) is 48.5. The molecule has 0 saturated carbocycles. The van der Waals surface area contributed by atoms with Crippen LogP contribution < -0.4 is 0 Å². The maximum atomic E-state index is 13.8. The third-order valence-electron chi connectivity index (χ3n) is 14.3. The number of methoxy groups -OCH3 is 2. The first kappa shape index (κ1) is 55.4. The zero-order valence-corrected chi connectivity index (χ0v) is 40.9. The predicted octanol–water partition coefficient (Wildman–Crippen LogP) is 3.50. The maximum Gasteiger partial charge on any atom is 0.308 e. The Morgan fingerprint density at radius 2 is 1.52 bits per heavy atom. The molecule has 4 N–H and O–H groups in total. The first-order valence-corrected chi connectivity index (χ1v) is 23.5. The molecule has 374 valence electrons. The van der Waals surface area contributed by atoms with Gasteiger partial charge in [-0.2, -0.15) is 0 Å². The van der Waals surface area contributed by atoms with Crippen LogP contribution in [0, 0.1) is 29.6 Å². The number of cyclic esters (lactones) is 1. The quantitative estimate of drug-likeness (QED) is 0.145. The standard InChI is InChI=1S/C48H81NO16/c1-14-36-33(24-59-47-45(58-13)44(57-12)40(54)30(7)61-47)20-25(2)17-18-34(51)26(3)21-32(16-15-19-50)42(27(4)35(52)22-37(53)63-36)65-46-41(55)39(49(10)11)43(31(8)62-46)64-38-23-48(9,56)28(5)29(6)60-38/h17-20,26-33,35-36,38-47,52,54-56H,14-16,21-24H2,1-13H3/b18-17+,25-20+. The van der Waals surface area contributed by atoms with Gasteiger partial charge in [0.2, 0.25) is 0 Å². The van der Waals surface area contributed by atoms with Gasteiger partial charge in [0.05, 0.1) is 55.2 Å². The monoisotopic (exact) mass is 928 g/mol. The molecule has 65 heavy (non-hydrogen) atoms. The van der Waals surface area contributed by atoms with E-state index in [4.69, 9.17) is 42.6 Å². The lowest BCUT2D eigenvalue weighted by molar-refractivity contribution is -0.338. The molecule has 0 radical (unpaired) electrons. The molecular formula is C48H81NO16. The predicted molar refractivity (Wildman–Crippen MR) is 238 cm³/mol. The van der Waals surface area contributed by atoms with Crippen LogP contribution >= 0.6 is 0 Å². The van der Waals surface area contributed by atoms with Crippen LogP contribution in [0.3, 0.4) is 0 Å². The average molecular weight is 928 g/mol. The fourth-order valence-electron chi connectivity index (χ4n) is 9.83. The van der Waals surface area contributed by atoms with E-state index in [1.807, 2.05) is 38.7 Å². The van der Waals surface area contributed by atoms with E-state index in [2.05, 4.69) is 0 Å². The van der Waals surface area contributed by atoms with E-state index in [9.17, 15) is 34.8 Å². The number of rotatable bonds is 14. The van der Waals surface area contributed by atoms with Crippen LogP contribution in [0.5, 0.6) is 0 Å². The van der Waals surface area contributed by atoms with Crippen molar-refractivity contribution in [2.45, 2.75) is 198 Å². The Morgan fingerprint density at radius 3 is 2.12 bits per heavy atom. The van der Waals surface area contributed by atoms with E-state index in [0.717, 1.165) is 6.29 Å². The maximum absolute atomic E-state index is 13.8. The minimum atomic E-state index is -1.31. The molecular weight excluding hydrogens is 847 g/mol. The van der Waals surface area contributed by atoms with Crippen LogP contribution in [-0.4, -0.2) is 176 Å². The second kappa shape index (κ2) is 24.9. The summed E-state index contributed by atoms with van der Waals surface area (Å²) in [4.78, 5) is 41.4. The molecule has 17 heteroatoms. The Balaban J connectivity index is 1.63. The summed E-state index contributed by atoms with van der Waals surface area (Å²) in [6.45, 7) is 16.3. The minimum Gasteiger partial charge on any atom is -0.462 e. The number of carbonyl (C=O) groups excluding carboxylic acids is 3. The van der Waals surface area contributed by atoms with E-state index < -0.39 is 128 Å². The first-order chi connectivity index (χ1) is 30.6. The molecule has 4 aliphatic heterocycles. The molecule has 0 aromatic heterocycles. The number of ether oxygens (including phenoxy) is 9. The van der Waals surface area contributed by atoms with Gasteiger partial charge in [-0.1, -0.05) is 45.4 Å². The lowest BCUT2D eigenvalue weighted by atomic mass is 9.79. The highest BCUT2D eigenvalue weighted by atomic mass is 16.7. The third kappa shape index (κ3) is 14.2. The fourth-order valence-corrected chi connectivity index (χ4v) is 9.83. The Kier molecular flexibility index (Phi) is 21.2. The molecule has 21 unspecified atom stereocenters. The van der Waals surface area contributed by atoms with E-state index in [1.54, 1.807) is 54.8 Å². The van der Waals surface area contributed by atoms with Crippen molar-refractivity contribution in [3.8, 4) is 0 Å². The summed E-state index contributed by atoms with van der Waals surface area (Å²) >= 11 is 0. The van der Waals surface area contributed by atoms with Crippen LogP contribution in [0.25, 0.3) is 0 Å². The number of likely N-dealkylation sites (N-methyl/N-ethyl adjacent to an activating group) is 1. The van der Waals surface area contributed by atoms with Gasteiger partial charge in [0.1, 0.15) is 42.9 Å². The van der Waals surface area contributed by atoms with Gasteiger partial charge < -0.3 is 72.8 Å². The summed E-state index contributed by atoms with van der Waals surface area (Å²) in [5, 5.41) is 45.8. The first-order valence-electron chi connectivity index (χ1n) is 23.5. The summed E-state index contributed by atoms with van der Waals surface area (Å²) in [6, 6.07) is -0.673. The lowest BCUT2D eigenvalue weighted by Crippen LogP contribution is -2.65. The van der Waals surface area contributed by atoms with Crippen molar-refractivity contribution in [1.82, 2.24) is 4.90 Å². The molecule has 21 atom stereocenters. The van der Waals surface area contributed by atoms with Gasteiger partial charge >= 0.3 is 5.97 Å². The van der Waals surface area contributed by atoms with Crippen molar-refractivity contribution in [2.24, 2.45) is 29.6 Å². The molecule has 0 spiro atoms. The highest BCUT2D eigenvalue weighted by Crippen LogP contribution is 2.39. The number of allylic oxidation sites excluding steroid dienone is 3. The minimum absolute atomic E-state index is 0.00712. The van der Waals surface area contributed by atoms with Gasteiger partial charge in [-0.05, 0) is 80.0 Å². The molecule has 0 amide bonds. The summed E-state index contributed by atoms with van der Waals surface area (Å²) in [6.07, 6.45) is -5.15. The van der Waals surface area contributed by atoms with Gasteiger partial charge in [-0.3, -0.25) is 9.59 Å². The topological polar surface area (TPSA) is 218 Å². The molecule has 4 heterocycles. The highest BCUT2D eigenvalue weighted by molar-refractivity contribution is 5.91. The second-order valence-electron chi connectivity index (χ2n) is 19.4. The van der Waals surface area contributed by atoms with E-state index in [-0.39, 0.29) is 43.7 Å². The lowest BCUT2D eigenvalue weighted by Gasteiger charge is -2.50. The number of carbonyl (C=O) groups is 3. The van der Waals surface area contributed by atoms with Crippen molar-refractivity contribution < 1.29 is 77.4 Å². The normalized spacial score (nSPS) is 45.4. The summed E-state index contributed by atoms with van der Waals surface area (Å²) in [5.41, 5.74) is -0.336. The second-order valence-corrected chi connectivity index (χ2v) is 19.4. The Hall–Kier alpha value is -2.23. The molecule has 3 fully saturated rings. The van der Waals surface area contributed by atoms with Crippen molar-refractivity contribution >= 4 is 18.0 Å². The van der Waals surface area contributed by atoms with Crippen LogP contribution in [-0.2, 0) is 57.0 Å².